The molecule has 0 radical (unpaired) electrons. The van der Waals surface area contributed by atoms with Crippen molar-refractivity contribution in [2.45, 2.75) is 38.5 Å². The molecule has 1 aliphatic heterocycles. The van der Waals surface area contributed by atoms with Crippen LogP contribution in [0.3, 0.4) is 0 Å². The maximum absolute atomic E-state index is 12.5. The SMILES string of the molecule is CN=C(NCCCc1ccccc1)NCCN1CCN(C(=O)C2CCCC2)CC1.I. The number of aliphatic imine (C=N–C) groups is 1. The van der Waals surface area contributed by atoms with E-state index in [9.17, 15) is 4.79 Å². The lowest BCUT2D eigenvalue weighted by Crippen LogP contribution is -2.51. The standard InChI is InChI=1S/C23H37N5O.HI/c1-24-23(25-13-7-10-20-8-3-2-4-9-20)26-14-15-27-16-18-28(19-17-27)22(29)21-11-5-6-12-21;/h2-4,8-9,21H,5-7,10-19H2,1H3,(H2,24,25,26);1H. The quantitative estimate of drug-likeness (QED) is 0.236. The summed E-state index contributed by atoms with van der Waals surface area (Å²) in [5, 5.41) is 6.81. The van der Waals surface area contributed by atoms with E-state index in [1.165, 1.54) is 18.4 Å². The first-order chi connectivity index (χ1) is 14.3. The van der Waals surface area contributed by atoms with Crippen molar-refractivity contribution in [1.82, 2.24) is 20.4 Å². The summed E-state index contributed by atoms with van der Waals surface area (Å²) >= 11 is 0. The highest BCUT2D eigenvalue weighted by molar-refractivity contribution is 14.0. The largest absolute Gasteiger partial charge is 0.356 e. The zero-order valence-electron chi connectivity index (χ0n) is 18.3. The van der Waals surface area contributed by atoms with Gasteiger partial charge in [0, 0.05) is 58.8 Å². The molecule has 0 atom stereocenters. The fourth-order valence-electron chi connectivity index (χ4n) is 4.32. The van der Waals surface area contributed by atoms with Gasteiger partial charge in [-0.1, -0.05) is 43.2 Å². The van der Waals surface area contributed by atoms with Crippen molar-refractivity contribution in [3.8, 4) is 0 Å². The zero-order chi connectivity index (χ0) is 20.3. The maximum atomic E-state index is 12.5. The first-order valence-corrected chi connectivity index (χ1v) is 11.3. The lowest BCUT2D eigenvalue weighted by molar-refractivity contribution is -0.137. The molecule has 2 N–H and O–H groups in total. The van der Waals surface area contributed by atoms with Crippen molar-refractivity contribution >= 4 is 35.8 Å². The molecule has 1 saturated heterocycles. The van der Waals surface area contributed by atoms with Crippen molar-refractivity contribution in [2.75, 3.05) is 52.9 Å². The van der Waals surface area contributed by atoms with Gasteiger partial charge in [-0.2, -0.15) is 0 Å². The van der Waals surface area contributed by atoms with E-state index in [1.54, 1.807) is 0 Å². The number of carbonyl (C=O) groups is 1. The molecule has 2 fully saturated rings. The van der Waals surface area contributed by atoms with Crippen molar-refractivity contribution < 1.29 is 4.79 Å². The number of aryl methyl sites for hydroxylation is 1. The van der Waals surface area contributed by atoms with Gasteiger partial charge in [-0.05, 0) is 31.2 Å². The van der Waals surface area contributed by atoms with Crippen LogP contribution in [-0.4, -0.2) is 74.5 Å². The molecule has 6 nitrogen and oxygen atoms in total. The topological polar surface area (TPSA) is 60.0 Å². The molecule has 1 aliphatic carbocycles. The van der Waals surface area contributed by atoms with Crippen molar-refractivity contribution in [1.29, 1.82) is 0 Å². The highest BCUT2D eigenvalue weighted by Gasteiger charge is 2.29. The van der Waals surface area contributed by atoms with E-state index in [0.29, 0.717) is 11.8 Å². The number of halogens is 1. The van der Waals surface area contributed by atoms with Crippen LogP contribution in [-0.2, 0) is 11.2 Å². The molecule has 2 aliphatic rings. The first-order valence-electron chi connectivity index (χ1n) is 11.3. The van der Waals surface area contributed by atoms with E-state index in [0.717, 1.165) is 77.5 Å². The van der Waals surface area contributed by atoms with Crippen LogP contribution in [0.5, 0.6) is 0 Å². The van der Waals surface area contributed by atoms with Gasteiger partial charge in [0.05, 0.1) is 0 Å². The van der Waals surface area contributed by atoms with Gasteiger partial charge >= 0.3 is 0 Å². The van der Waals surface area contributed by atoms with Crippen LogP contribution < -0.4 is 10.6 Å². The van der Waals surface area contributed by atoms with Crippen LogP contribution >= 0.6 is 24.0 Å². The van der Waals surface area contributed by atoms with Gasteiger partial charge in [-0.25, -0.2) is 0 Å². The van der Waals surface area contributed by atoms with Crippen LogP contribution in [0.4, 0.5) is 0 Å². The smallest absolute Gasteiger partial charge is 0.225 e. The first kappa shape index (κ1) is 24.9. The third-order valence-electron chi connectivity index (χ3n) is 6.11. The Kier molecular flexibility index (Phi) is 11.5. The molecule has 0 aromatic heterocycles. The summed E-state index contributed by atoms with van der Waals surface area (Å²) in [6, 6.07) is 10.6. The lowest BCUT2D eigenvalue weighted by atomic mass is 10.1. The zero-order valence-corrected chi connectivity index (χ0v) is 20.6. The molecule has 0 spiro atoms. The van der Waals surface area contributed by atoms with Crippen LogP contribution in [0.15, 0.2) is 35.3 Å². The van der Waals surface area contributed by atoms with Gasteiger partial charge in [0.25, 0.3) is 0 Å². The summed E-state index contributed by atoms with van der Waals surface area (Å²) in [4.78, 5) is 21.4. The number of nitrogens with zero attached hydrogens (tertiary/aromatic N) is 3. The Morgan fingerprint density at radius 1 is 1.03 bits per heavy atom. The molecule has 1 aromatic rings. The van der Waals surface area contributed by atoms with Gasteiger partial charge in [0.2, 0.25) is 5.91 Å². The molecule has 1 aromatic carbocycles. The van der Waals surface area contributed by atoms with Gasteiger partial charge < -0.3 is 15.5 Å². The molecule has 168 valence electrons. The van der Waals surface area contributed by atoms with E-state index in [-0.39, 0.29) is 24.0 Å². The third kappa shape index (κ3) is 8.06. The van der Waals surface area contributed by atoms with E-state index in [4.69, 9.17) is 0 Å². The van der Waals surface area contributed by atoms with Crippen molar-refractivity contribution in [2.24, 2.45) is 10.9 Å². The number of carbonyl (C=O) groups excluding carboxylic acids is 1. The molecular weight excluding hydrogens is 489 g/mol. The van der Waals surface area contributed by atoms with Crippen molar-refractivity contribution in [3.05, 3.63) is 35.9 Å². The minimum Gasteiger partial charge on any atom is -0.356 e. The second-order valence-corrected chi connectivity index (χ2v) is 8.16. The Morgan fingerprint density at radius 2 is 1.70 bits per heavy atom. The molecule has 0 bridgehead atoms. The summed E-state index contributed by atoms with van der Waals surface area (Å²) in [7, 11) is 1.82. The fourth-order valence-corrected chi connectivity index (χ4v) is 4.32. The van der Waals surface area contributed by atoms with Gasteiger partial charge in [0.1, 0.15) is 0 Å². The molecule has 1 amide bonds. The number of hydrogen-bond donors (Lipinski definition) is 2. The van der Waals surface area contributed by atoms with E-state index in [1.807, 2.05) is 7.05 Å². The number of hydrogen-bond acceptors (Lipinski definition) is 3. The number of guanidine groups is 1. The fraction of sp³-hybridized carbons (Fsp3) is 0.652. The molecule has 1 saturated carbocycles. The number of amides is 1. The second-order valence-electron chi connectivity index (χ2n) is 8.16. The normalized spacial score (nSPS) is 18.2. The van der Waals surface area contributed by atoms with E-state index >= 15 is 0 Å². The van der Waals surface area contributed by atoms with Crippen LogP contribution in [0.1, 0.15) is 37.7 Å². The number of nitrogens with one attached hydrogen (secondary N) is 2. The summed E-state index contributed by atoms with van der Waals surface area (Å²) in [6.45, 7) is 6.47. The highest BCUT2D eigenvalue weighted by atomic mass is 127. The van der Waals surface area contributed by atoms with Crippen LogP contribution in [0, 0.1) is 5.92 Å². The molecule has 30 heavy (non-hydrogen) atoms. The number of piperazine rings is 1. The van der Waals surface area contributed by atoms with Crippen molar-refractivity contribution in [3.63, 3.8) is 0 Å². The highest BCUT2D eigenvalue weighted by Crippen LogP contribution is 2.26. The predicted octanol–water partition coefficient (Wildman–Crippen LogP) is 2.74. The molecule has 0 unspecified atom stereocenters. The summed E-state index contributed by atoms with van der Waals surface area (Å²) in [5.41, 5.74) is 1.38. The average molecular weight is 527 g/mol. The predicted molar refractivity (Wildman–Crippen MR) is 135 cm³/mol. The Bertz CT molecular complexity index is 640. The lowest BCUT2D eigenvalue weighted by Gasteiger charge is -2.36. The van der Waals surface area contributed by atoms with Gasteiger partial charge in [0.15, 0.2) is 5.96 Å². The second kappa shape index (κ2) is 13.9. The van der Waals surface area contributed by atoms with Crippen LogP contribution in [0.2, 0.25) is 0 Å². The van der Waals surface area contributed by atoms with Crippen LogP contribution in [0.25, 0.3) is 0 Å². The Balaban J connectivity index is 0.00000320. The minimum atomic E-state index is 0. The van der Waals surface area contributed by atoms with E-state index < -0.39 is 0 Å². The minimum absolute atomic E-state index is 0. The summed E-state index contributed by atoms with van der Waals surface area (Å²) in [6.07, 6.45) is 6.81. The molecular formula is C23H38IN5O. The summed E-state index contributed by atoms with van der Waals surface area (Å²) < 4.78 is 0. The molecule has 3 rings (SSSR count). The Labute approximate surface area is 198 Å². The van der Waals surface area contributed by atoms with Gasteiger partial charge in [-0.3, -0.25) is 14.7 Å². The molecule has 1 heterocycles. The maximum Gasteiger partial charge on any atom is 0.225 e. The third-order valence-corrected chi connectivity index (χ3v) is 6.11. The number of rotatable bonds is 8. The molecule has 7 heteroatoms. The Morgan fingerprint density at radius 3 is 2.37 bits per heavy atom. The van der Waals surface area contributed by atoms with E-state index in [2.05, 4.69) is 55.8 Å². The number of benzene rings is 1. The van der Waals surface area contributed by atoms with Gasteiger partial charge in [-0.15, -0.1) is 24.0 Å². The summed E-state index contributed by atoms with van der Waals surface area (Å²) in [5.74, 6) is 1.58. The average Bonchev–Trinajstić information content (AvgIpc) is 3.31. The Hall–Kier alpha value is -1.35. The monoisotopic (exact) mass is 527 g/mol.